The Hall–Kier alpha value is -2.92. The van der Waals surface area contributed by atoms with Crippen LogP contribution in [0, 0.1) is 0 Å². The average molecular weight is 379 g/mol. The topological polar surface area (TPSA) is 55.4 Å². The van der Waals surface area contributed by atoms with Gasteiger partial charge in [-0.05, 0) is 55.0 Å². The lowest BCUT2D eigenvalue weighted by molar-refractivity contribution is 0.0636. The van der Waals surface area contributed by atoms with Gasteiger partial charge in [-0.15, -0.1) is 11.3 Å². The molecule has 138 valence electrons. The Morgan fingerprint density at radius 1 is 1.00 bits per heavy atom. The lowest BCUT2D eigenvalue weighted by Crippen LogP contribution is -2.27. The Morgan fingerprint density at radius 2 is 1.70 bits per heavy atom. The molecule has 0 saturated carbocycles. The first kappa shape index (κ1) is 18.9. The molecule has 0 aliphatic rings. The fraction of sp³-hybridized carbons (Fsp3) is 0.182. The van der Waals surface area contributed by atoms with Gasteiger partial charge in [-0.1, -0.05) is 42.5 Å². The number of anilines is 1. The first-order valence-electron chi connectivity index (χ1n) is 8.59. The molecule has 0 atom stereocenters. The minimum Gasteiger partial charge on any atom is -0.444 e. The largest absolute Gasteiger partial charge is 0.444 e. The Bertz CT molecular complexity index is 952. The van der Waals surface area contributed by atoms with E-state index in [1.54, 1.807) is 23.5 Å². The lowest BCUT2D eigenvalue weighted by Gasteiger charge is -2.19. The standard InChI is InChI=1S/C22H21NO3S/c1-22(2,3)26-21(25)23-19-11-12-27-20(19)18-6-4-5-17(13-18)16-9-7-15(14-24)8-10-16/h4-14H,1-3H3,(H,23,25). The summed E-state index contributed by atoms with van der Waals surface area (Å²) in [4.78, 5) is 23.9. The van der Waals surface area contributed by atoms with Crippen LogP contribution < -0.4 is 5.32 Å². The summed E-state index contributed by atoms with van der Waals surface area (Å²) < 4.78 is 5.34. The fourth-order valence-electron chi connectivity index (χ4n) is 2.64. The zero-order chi connectivity index (χ0) is 19.4. The van der Waals surface area contributed by atoms with Gasteiger partial charge >= 0.3 is 6.09 Å². The Kier molecular flexibility index (Phi) is 5.42. The third-order valence-electron chi connectivity index (χ3n) is 3.81. The van der Waals surface area contributed by atoms with Crippen molar-refractivity contribution >= 4 is 29.4 Å². The summed E-state index contributed by atoms with van der Waals surface area (Å²) in [5, 5.41) is 4.77. The Labute approximate surface area is 162 Å². The highest BCUT2D eigenvalue weighted by atomic mass is 32.1. The molecule has 1 amide bonds. The monoisotopic (exact) mass is 379 g/mol. The lowest BCUT2D eigenvalue weighted by atomic mass is 10.0. The maximum Gasteiger partial charge on any atom is 0.412 e. The van der Waals surface area contributed by atoms with E-state index in [0.717, 1.165) is 33.5 Å². The van der Waals surface area contributed by atoms with Gasteiger partial charge in [0.05, 0.1) is 10.6 Å². The van der Waals surface area contributed by atoms with Crippen LogP contribution in [0.4, 0.5) is 10.5 Å². The van der Waals surface area contributed by atoms with Gasteiger partial charge < -0.3 is 4.74 Å². The SMILES string of the molecule is CC(C)(C)OC(=O)Nc1ccsc1-c1cccc(-c2ccc(C=O)cc2)c1. The first-order valence-corrected chi connectivity index (χ1v) is 9.47. The summed E-state index contributed by atoms with van der Waals surface area (Å²) in [7, 11) is 0. The van der Waals surface area contributed by atoms with Crippen molar-refractivity contribution in [3.05, 3.63) is 65.5 Å². The number of thiophene rings is 1. The molecule has 1 aromatic heterocycles. The molecule has 0 unspecified atom stereocenters. The summed E-state index contributed by atoms with van der Waals surface area (Å²) in [6, 6.07) is 17.4. The summed E-state index contributed by atoms with van der Waals surface area (Å²) in [5.74, 6) is 0. The highest BCUT2D eigenvalue weighted by molar-refractivity contribution is 7.14. The molecule has 0 saturated heterocycles. The molecular formula is C22H21NO3S. The summed E-state index contributed by atoms with van der Waals surface area (Å²) in [6.07, 6.45) is 0.364. The molecular weight excluding hydrogens is 358 g/mol. The molecule has 1 heterocycles. The van der Waals surface area contributed by atoms with Crippen molar-refractivity contribution in [2.75, 3.05) is 5.32 Å². The van der Waals surface area contributed by atoms with E-state index in [0.29, 0.717) is 5.56 Å². The number of nitrogens with one attached hydrogen (secondary N) is 1. The molecule has 3 aromatic rings. The molecule has 1 N–H and O–H groups in total. The summed E-state index contributed by atoms with van der Waals surface area (Å²) >= 11 is 1.56. The van der Waals surface area contributed by atoms with Crippen molar-refractivity contribution in [2.24, 2.45) is 0 Å². The number of rotatable bonds is 4. The number of carbonyl (C=O) groups excluding carboxylic acids is 2. The van der Waals surface area contributed by atoms with Gasteiger partial charge in [0.25, 0.3) is 0 Å². The molecule has 2 aromatic carbocycles. The van der Waals surface area contributed by atoms with Crippen LogP contribution in [0.2, 0.25) is 0 Å². The van der Waals surface area contributed by atoms with Crippen molar-refractivity contribution in [1.82, 2.24) is 0 Å². The Balaban J connectivity index is 1.86. The van der Waals surface area contributed by atoms with Gasteiger partial charge in [-0.2, -0.15) is 0 Å². The van der Waals surface area contributed by atoms with Gasteiger partial charge in [0.1, 0.15) is 11.9 Å². The smallest absolute Gasteiger partial charge is 0.412 e. The second-order valence-corrected chi connectivity index (χ2v) is 8.03. The summed E-state index contributed by atoms with van der Waals surface area (Å²) in [6.45, 7) is 5.50. The number of ether oxygens (including phenoxy) is 1. The van der Waals surface area contributed by atoms with E-state index in [9.17, 15) is 9.59 Å². The number of benzene rings is 2. The number of amides is 1. The second kappa shape index (κ2) is 7.76. The molecule has 0 fully saturated rings. The summed E-state index contributed by atoms with van der Waals surface area (Å²) in [5.41, 5.74) is 3.91. The van der Waals surface area contributed by atoms with Gasteiger partial charge in [0.2, 0.25) is 0 Å². The zero-order valence-corrected chi connectivity index (χ0v) is 16.3. The van der Waals surface area contributed by atoms with Crippen LogP contribution in [-0.4, -0.2) is 18.0 Å². The van der Waals surface area contributed by atoms with Crippen molar-refractivity contribution in [3.63, 3.8) is 0 Å². The first-order chi connectivity index (χ1) is 12.9. The van der Waals surface area contributed by atoms with Crippen LogP contribution in [0.3, 0.4) is 0 Å². The average Bonchev–Trinajstić information content (AvgIpc) is 3.08. The van der Waals surface area contributed by atoms with Crippen molar-refractivity contribution in [3.8, 4) is 21.6 Å². The van der Waals surface area contributed by atoms with E-state index in [1.807, 2.05) is 62.5 Å². The van der Waals surface area contributed by atoms with Crippen molar-refractivity contribution in [2.45, 2.75) is 26.4 Å². The third-order valence-corrected chi connectivity index (χ3v) is 4.77. The van der Waals surface area contributed by atoms with Gasteiger partial charge in [0.15, 0.2) is 0 Å². The quantitative estimate of drug-likeness (QED) is 0.546. The highest BCUT2D eigenvalue weighted by Crippen LogP contribution is 2.36. The molecule has 3 rings (SSSR count). The Morgan fingerprint density at radius 3 is 2.37 bits per heavy atom. The van der Waals surface area contributed by atoms with Gasteiger partial charge in [-0.25, -0.2) is 4.79 Å². The maximum absolute atomic E-state index is 12.1. The predicted octanol–water partition coefficient (Wildman–Crippen LogP) is 6.24. The molecule has 0 spiro atoms. The van der Waals surface area contributed by atoms with Gasteiger partial charge in [0, 0.05) is 5.56 Å². The highest BCUT2D eigenvalue weighted by Gasteiger charge is 2.18. The number of hydrogen-bond acceptors (Lipinski definition) is 4. The number of hydrogen-bond donors (Lipinski definition) is 1. The second-order valence-electron chi connectivity index (χ2n) is 7.11. The van der Waals surface area contributed by atoms with Crippen LogP contribution in [0.25, 0.3) is 21.6 Å². The minimum atomic E-state index is -0.548. The van der Waals surface area contributed by atoms with Crippen LogP contribution in [0.15, 0.2) is 60.0 Å². The van der Waals surface area contributed by atoms with E-state index < -0.39 is 11.7 Å². The van der Waals surface area contributed by atoms with Crippen LogP contribution in [-0.2, 0) is 4.74 Å². The fourth-order valence-corrected chi connectivity index (χ4v) is 3.49. The zero-order valence-electron chi connectivity index (χ0n) is 15.5. The molecule has 5 heteroatoms. The predicted molar refractivity (Wildman–Crippen MR) is 110 cm³/mol. The van der Waals surface area contributed by atoms with E-state index in [-0.39, 0.29) is 0 Å². The molecule has 27 heavy (non-hydrogen) atoms. The van der Waals surface area contributed by atoms with E-state index >= 15 is 0 Å². The molecule has 0 bridgehead atoms. The molecule has 0 aliphatic carbocycles. The van der Waals surface area contributed by atoms with E-state index in [1.165, 1.54) is 0 Å². The van der Waals surface area contributed by atoms with Crippen LogP contribution in [0.1, 0.15) is 31.1 Å². The molecule has 0 radical (unpaired) electrons. The molecule has 4 nitrogen and oxygen atoms in total. The number of carbonyl (C=O) groups is 2. The van der Waals surface area contributed by atoms with E-state index in [4.69, 9.17) is 4.74 Å². The van der Waals surface area contributed by atoms with Crippen molar-refractivity contribution in [1.29, 1.82) is 0 Å². The van der Waals surface area contributed by atoms with Crippen molar-refractivity contribution < 1.29 is 14.3 Å². The maximum atomic E-state index is 12.1. The molecule has 0 aliphatic heterocycles. The van der Waals surface area contributed by atoms with Gasteiger partial charge in [-0.3, -0.25) is 10.1 Å². The van der Waals surface area contributed by atoms with E-state index in [2.05, 4.69) is 11.4 Å². The normalized spacial score (nSPS) is 11.1. The van der Waals surface area contributed by atoms with Crippen LogP contribution >= 0.6 is 11.3 Å². The number of aldehydes is 1. The minimum absolute atomic E-state index is 0.470. The van der Waals surface area contributed by atoms with Crippen LogP contribution in [0.5, 0.6) is 0 Å². The third kappa shape index (κ3) is 4.83.